The third kappa shape index (κ3) is 8.33. The number of halogens is 1. The van der Waals surface area contributed by atoms with Crippen LogP contribution < -0.4 is 15.2 Å². The molecule has 0 aliphatic carbocycles. The Labute approximate surface area is 266 Å². The molecule has 1 aromatic heterocycles. The van der Waals surface area contributed by atoms with Crippen molar-refractivity contribution in [1.29, 1.82) is 0 Å². The van der Waals surface area contributed by atoms with E-state index in [4.69, 9.17) is 9.47 Å². The van der Waals surface area contributed by atoms with Gasteiger partial charge in [-0.2, -0.15) is 11.8 Å². The Bertz CT molecular complexity index is 1500. The lowest BCUT2D eigenvalue weighted by Gasteiger charge is -2.36. The quantitative estimate of drug-likeness (QED) is 0.206. The number of non-ortho nitro benzene ring substituents is 1. The molecule has 0 bridgehead atoms. The maximum atomic E-state index is 14.9. The molecule has 12 heteroatoms. The van der Waals surface area contributed by atoms with Crippen molar-refractivity contribution in [3.8, 4) is 5.75 Å². The second-order valence-corrected chi connectivity index (χ2v) is 13.8. The van der Waals surface area contributed by atoms with Crippen LogP contribution in [0.4, 0.5) is 15.8 Å². The van der Waals surface area contributed by atoms with E-state index in [1.165, 1.54) is 12.5 Å². The van der Waals surface area contributed by atoms with Crippen molar-refractivity contribution in [1.82, 2.24) is 14.9 Å². The minimum Gasteiger partial charge on any atom is -0.493 e. The number of thioether (sulfide) groups is 1. The minimum atomic E-state index is -0.603. The van der Waals surface area contributed by atoms with Gasteiger partial charge in [0, 0.05) is 61.5 Å². The maximum Gasteiger partial charge on any atom is 0.269 e. The third-order valence-corrected chi connectivity index (χ3v) is 10.9. The lowest BCUT2D eigenvalue weighted by atomic mass is 9.92. The summed E-state index contributed by atoms with van der Waals surface area (Å²) in [6.07, 6.45) is 7.52. The molecule has 3 saturated heterocycles. The zero-order valence-electron chi connectivity index (χ0n) is 25.6. The average molecular weight is 640 g/mol. The van der Waals surface area contributed by atoms with Gasteiger partial charge >= 0.3 is 0 Å². The standard InChI is InChI=1S/C33H42FN5O5S/c34-29-19-27(20-30-32(29)33(40)36-31(35-30)22-45-28-10-17-43-18-11-28)44-21-24-6-13-37(14-7-24)12-5-23-8-15-38(16-9-23)25-1-3-26(4-2-25)39(41)42/h1-4,19-20,23-24,28H,5-18,21-22H2,(H,35,36,40). The number of hydrogen-bond acceptors (Lipinski definition) is 9. The predicted octanol–water partition coefficient (Wildman–Crippen LogP) is 5.78. The first kappa shape index (κ1) is 31.7. The van der Waals surface area contributed by atoms with E-state index < -0.39 is 11.4 Å². The fraction of sp³-hybridized carbons (Fsp3) is 0.576. The predicted molar refractivity (Wildman–Crippen MR) is 175 cm³/mol. The van der Waals surface area contributed by atoms with Gasteiger partial charge < -0.3 is 24.3 Å². The molecule has 0 spiro atoms. The van der Waals surface area contributed by atoms with E-state index >= 15 is 0 Å². The van der Waals surface area contributed by atoms with Crippen LogP contribution in [0, 0.1) is 27.8 Å². The number of likely N-dealkylation sites (tertiary alicyclic amines) is 1. The van der Waals surface area contributed by atoms with Crippen LogP contribution in [0.25, 0.3) is 10.9 Å². The van der Waals surface area contributed by atoms with Crippen molar-refractivity contribution >= 4 is 34.0 Å². The Balaban J connectivity index is 0.927. The molecule has 3 aliphatic rings. The SMILES string of the molecule is O=c1[nH]c(CSC2CCOCC2)nc2cc(OCC3CCN(CCC4CCN(c5ccc([N+](=O)[O-])cc5)CC4)CC3)cc(F)c12. The largest absolute Gasteiger partial charge is 0.493 e. The minimum absolute atomic E-state index is 0.0208. The van der Waals surface area contributed by atoms with Gasteiger partial charge in [0.15, 0.2) is 0 Å². The fourth-order valence-electron chi connectivity index (χ4n) is 6.66. The topological polar surface area (TPSA) is 114 Å². The number of aromatic amines is 1. The van der Waals surface area contributed by atoms with E-state index in [9.17, 15) is 19.3 Å². The highest BCUT2D eigenvalue weighted by molar-refractivity contribution is 7.99. The Hall–Kier alpha value is -3.22. The second-order valence-electron chi connectivity index (χ2n) is 12.5. The summed E-state index contributed by atoms with van der Waals surface area (Å²) < 4.78 is 26.4. The van der Waals surface area contributed by atoms with Gasteiger partial charge in [-0.05, 0) is 88.5 Å². The number of benzene rings is 2. The number of nitrogens with one attached hydrogen (secondary N) is 1. The van der Waals surface area contributed by atoms with Crippen LogP contribution in [0.5, 0.6) is 5.75 Å². The molecular formula is C33H42FN5O5S. The molecule has 0 atom stereocenters. The van der Waals surface area contributed by atoms with Crippen LogP contribution in [0.2, 0.25) is 0 Å². The third-order valence-electron chi connectivity index (χ3n) is 9.49. The molecule has 4 heterocycles. The van der Waals surface area contributed by atoms with Crippen LogP contribution in [0.1, 0.15) is 50.8 Å². The number of hydrogen-bond donors (Lipinski definition) is 1. The van der Waals surface area contributed by atoms with Crippen molar-refractivity contribution in [2.24, 2.45) is 11.8 Å². The average Bonchev–Trinajstić information content (AvgIpc) is 3.06. The van der Waals surface area contributed by atoms with Gasteiger partial charge in [0.25, 0.3) is 11.2 Å². The van der Waals surface area contributed by atoms with Gasteiger partial charge in [-0.3, -0.25) is 14.9 Å². The first-order valence-electron chi connectivity index (χ1n) is 16.2. The summed E-state index contributed by atoms with van der Waals surface area (Å²) in [5.74, 6) is 2.05. The highest BCUT2D eigenvalue weighted by Gasteiger charge is 2.24. The van der Waals surface area contributed by atoms with Crippen LogP contribution in [-0.2, 0) is 10.5 Å². The molecule has 10 nitrogen and oxygen atoms in total. The molecule has 1 N–H and O–H groups in total. The smallest absolute Gasteiger partial charge is 0.269 e. The number of ether oxygens (including phenoxy) is 2. The first-order valence-corrected chi connectivity index (χ1v) is 17.2. The summed E-state index contributed by atoms with van der Waals surface area (Å²) in [4.78, 5) is 35.4. The van der Waals surface area contributed by atoms with Gasteiger partial charge in [0.1, 0.15) is 22.8 Å². The number of H-pyrrole nitrogens is 1. The summed E-state index contributed by atoms with van der Waals surface area (Å²) in [7, 11) is 0. The van der Waals surface area contributed by atoms with E-state index in [0.29, 0.717) is 46.5 Å². The van der Waals surface area contributed by atoms with Crippen molar-refractivity contribution in [3.05, 3.63) is 68.5 Å². The number of nitro groups is 1. The van der Waals surface area contributed by atoms with Crippen LogP contribution in [0.15, 0.2) is 41.2 Å². The second kappa shape index (κ2) is 14.9. The molecule has 45 heavy (non-hydrogen) atoms. The monoisotopic (exact) mass is 639 g/mol. The van der Waals surface area contributed by atoms with E-state index in [-0.39, 0.29) is 16.0 Å². The molecule has 3 aliphatic heterocycles. The van der Waals surface area contributed by atoms with E-state index in [1.807, 2.05) is 12.1 Å². The molecule has 6 rings (SSSR count). The zero-order chi connectivity index (χ0) is 31.2. The molecule has 0 unspecified atom stereocenters. The number of nitro benzene ring substituents is 1. The Kier molecular flexibility index (Phi) is 10.5. The van der Waals surface area contributed by atoms with E-state index in [2.05, 4.69) is 19.8 Å². The van der Waals surface area contributed by atoms with Crippen LogP contribution in [0.3, 0.4) is 0 Å². The molecule has 3 fully saturated rings. The molecule has 3 aromatic rings. The van der Waals surface area contributed by atoms with Gasteiger partial charge in [-0.25, -0.2) is 9.37 Å². The molecule has 242 valence electrons. The van der Waals surface area contributed by atoms with Crippen molar-refractivity contribution < 1.29 is 18.8 Å². The Morgan fingerprint density at radius 1 is 1.02 bits per heavy atom. The van der Waals surface area contributed by atoms with E-state index in [1.54, 1.807) is 30.0 Å². The van der Waals surface area contributed by atoms with Crippen molar-refractivity contribution in [3.63, 3.8) is 0 Å². The summed E-state index contributed by atoms with van der Waals surface area (Å²) in [5.41, 5.74) is 1.08. The van der Waals surface area contributed by atoms with Crippen LogP contribution in [-0.4, -0.2) is 77.6 Å². The number of nitrogens with zero attached hydrogens (tertiary/aromatic N) is 4. The van der Waals surface area contributed by atoms with Gasteiger partial charge in [0.05, 0.1) is 22.8 Å². The highest BCUT2D eigenvalue weighted by atomic mass is 32.2. The number of anilines is 1. The summed E-state index contributed by atoms with van der Waals surface area (Å²) in [5, 5.41) is 11.4. The molecule has 0 saturated carbocycles. The lowest BCUT2D eigenvalue weighted by Crippen LogP contribution is -2.38. The Morgan fingerprint density at radius 2 is 1.73 bits per heavy atom. The van der Waals surface area contributed by atoms with Crippen molar-refractivity contribution in [2.75, 3.05) is 57.4 Å². The van der Waals surface area contributed by atoms with Gasteiger partial charge in [0.2, 0.25) is 0 Å². The lowest BCUT2D eigenvalue weighted by molar-refractivity contribution is -0.384. The number of piperidine rings is 2. The molecule has 0 amide bonds. The van der Waals surface area contributed by atoms with Gasteiger partial charge in [-0.1, -0.05) is 0 Å². The first-order chi connectivity index (χ1) is 21.9. The molecule has 2 aromatic carbocycles. The summed E-state index contributed by atoms with van der Waals surface area (Å²) >= 11 is 1.76. The van der Waals surface area contributed by atoms with Crippen LogP contribution >= 0.6 is 11.8 Å². The summed E-state index contributed by atoms with van der Waals surface area (Å²) in [6, 6.07) is 9.87. The fourth-order valence-corrected chi connectivity index (χ4v) is 7.72. The maximum absolute atomic E-state index is 14.9. The number of fused-ring (bicyclic) bond motifs is 1. The molecule has 0 radical (unpaired) electrons. The number of rotatable bonds is 11. The van der Waals surface area contributed by atoms with E-state index in [0.717, 1.165) is 90.1 Å². The normalized spacial score (nSPS) is 19.3. The highest BCUT2D eigenvalue weighted by Crippen LogP contribution is 2.29. The Morgan fingerprint density at radius 3 is 2.44 bits per heavy atom. The van der Waals surface area contributed by atoms with Crippen molar-refractivity contribution in [2.45, 2.75) is 55.9 Å². The summed E-state index contributed by atoms with van der Waals surface area (Å²) in [6.45, 7) is 7.18. The number of aromatic nitrogens is 2. The zero-order valence-corrected chi connectivity index (χ0v) is 26.4. The van der Waals surface area contributed by atoms with Gasteiger partial charge in [-0.15, -0.1) is 0 Å². The molecular weight excluding hydrogens is 597 g/mol.